The number of hydrogen-bond acceptors (Lipinski definition) is 5. The van der Waals surface area contributed by atoms with Gasteiger partial charge in [0.25, 0.3) is 5.91 Å². The van der Waals surface area contributed by atoms with Gasteiger partial charge in [-0.3, -0.25) is 9.78 Å². The molecule has 102 valence electrons. The lowest BCUT2D eigenvalue weighted by Crippen LogP contribution is -2.21. The number of ether oxygens (including phenoxy) is 1. The van der Waals surface area contributed by atoms with Crippen molar-refractivity contribution in [1.29, 1.82) is 0 Å². The predicted molar refractivity (Wildman–Crippen MR) is 72.4 cm³/mol. The monoisotopic (exact) mass is 291 g/mol. The van der Waals surface area contributed by atoms with Gasteiger partial charge in [0.1, 0.15) is 5.15 Å². The molecule has 2 aromatic heterocycles. The number of halogens is 1. The zero-order chi connectivity index (χ0) is 14.4. The third kappa shape index (κ3) is 3.76. The minimum absolute atomic E-state index is 0.0326. The molecule has 20 heavy (non-hydrogen) atoms. The van der Waals surface area contributed by atoms with E-state index in [1.54, 1.807) is 24.4 Å². The van der Waals surface area contributed by atoms with E-state index < -0.39 is 18.5 Å². The second kappa shape index (κ2) is 6.63. The molecule has 1 N–H and O–H groups in total. The van der Waals surface area contributed by atoms with E-state index in [1.807, 2.05) is 0 Å². The van der Waals surface area contributed by atoms with E-state index in [4.69, 9.17) is 16.3 Å². The average Bonchev–Trinajstić information content (AvgIpc) is 2.46. The molecule has 0 aliphatic rings. The van der Waals surface area contributed by atoms with Crippen molar-refractivity contribution in [3.05, 3.63) is 53.6 Å². The Bertz CT molecular complexity index is 619. The molecule has 0 spiro atoms. The number of nitrogens with zero attached hydrogens (tertiary/aromatic N) is 2. The summed E-state index contributed by atoms with van der Waals surface area (Å²) in [6.07, 6.45) is 4.52. The van der Waals surface area contributed by atoms with Crippen LogP contribution < -0.4 is 5.32 Å². The molecule has 6 nitrogen and oxygen atoms in total. The molecule has 0 radical (unpaired) electrons. The van der Waals surface area contributed by atoms with Crippen LogP contribution in [0.2, 0.25) is 5.15 Å². The van der Waals surface area contributed by atoms with E-state index in [0.29, 0.717) is 5.69 Å². The molecule has 0 unspecified atom stereocenters. The van der Waals surface area contributed by atoms with Gasteiger partial charge in [-0.15, -0.1) is 0 Å². The van der Waals surface area contributed by atoms with Crippen molar-refractivity contribution in [3.8, 4) is 0 Å². The van der Waals surface area contributed by atoms with Gasteiger partial charge in [0, 0.05) is 12.4 Å². The summed E-state index contributed by atoms with van der Waals surface area (Å²) in [6.45, 7) is -0.418. The van der Waals surface area contributed by atoms with Crippen molar-refractivity contribution < 1.29 is 14.3 Å². The summed E-state index contributed by atoms with van der Waals surface area (Å²) in [6, 6.07) is 6.37. The quantitative estimate of drug-likeness (QED) is 0.687. The van der Waals surface area contributed by atoms with Gasteiger partial charge in [-0.1, -0.05) is 11.6 Å². The van der Waals surface area contributed by atoms with Crippen molar-refractivity contribution in [2.75, 3.05) is 11.9 Å². The number of nitrogens with one attached hydrogen (secondary N) is 1. The zero-order valence-corrected chi connectivity index (χ0v) is 11.0. The van der Waals surface area contributed by atoms with Gasteiger partial charge < -0.3 is 10.1 Å². The summed E-state index contributed by atoms with van der Waals surface area (Å²) < 4.78 is 4.85. The summed E-state index contributed by atoms with van der Waals surface area (Å²) in [4.78, 5) is 30.8. The maximum absolute atomic E-state index is 11.7. The van der Waals surface area contributed by atoms with E-state index in [-0.39, 0.29) is 10.7 Å². The van der Waals surface area contributed by atoms with Gasteiger partial charge in [0.15, 0.2) is 6.61 Å². The van der Waals surface area contributed by atoms with Gasteiger partial charge in [-0.2, -0.15) is 0 Å². The molecule has 7 heteroatoms. The highest BCUT2D eigenvalue weighted by Crippen LogP contribution is 2.12. The average molecular weight is 292 g/mol. The molecule has 0 saturated carbocycles. The number of rotatable bonds is 4. The van der Waals surface area contributed by atoms with Crippen LogP contribution in [0.3, 0.4) is 0 Å². The van der Waals surface area contributed by atoms with Crippen LogP contribution in [-0.4, -0.2) is 28.5 Å². The molecular weight excluding hydrogens is 282 g/mol. The third-order valence-electron chi connectivity index (χ3n) is 2.26. The molecule has 2 aromatic rings. The number of carbonyl (C=O) groups is 2. The molecule has 0 bridgehead atoms. The smallest absolute Gasteiger partial charge is 0.341 e. The van der Waals surface area contributed by atoms with Gasteiger partial charge in [0.2, 0.25) is 0 Å². The Morgan fingerprint density at radius 2 is 2.05 bits per heavy atom. The predicted octanol–water partition coefficient (Wildman–Crippen LogP) is 1.93. The number of aromatic nitrogens is 2. The molecular formula is C13H10ClN3O3. The molecule has 1 amide bonds. The standard InChI is InChI=1S/C13H10ClN3O3/c14-12-10(4-2-6-16-12)13(19)20-8-11(18)17-9-3-1-5-15-7-9/h1-7H,8H2,(H,17,18). The van der Waals surface area contributed by atoms with Crippen LogP contribution in [0.25, 0.3) is 0 Å². The van der Waals surface area contributed by atoms with Crippen molar-refractivity contribution in [2.45, 2.75) is 0 Å². The Labute approximate surface area is 119 Å². The highest BCUT2D eigenvalue weighted by atomic mass is 35.5. The molecule has 2 rings (SSSR count). The molecule has 2 heterocycles. The SMILES string of the molecule is O=C(COC(=O)c1cccnc1Cl)Nc1cccnc1. The minimum Gasteiger partial charge on any atom is -0.452 e. The lowest BCUT2D eigenvalue weighted by molar-refractivity contribution is -0.119. The maximum Gasteiger partial charge on any atom is 0.341 e. The van der Waals surface area contributed by atoms with E-state index >= 15 is 0 Å². The van der Waals surface area contributed by atoms with Crippen molar-refractivity contribution in [3.63, 3.8) is 0 Å². The molecule has 0 atom stereocenters. The van der Waals surface area contributed by atoms with Crippen molar-refractivity contribution >= 4 is 29.2 Å². The Balaban J connectivity index is 1.88. The van der Waals surface area contributed by atoms with Crippen LogP contribution in [0, 0.1) is 0 Å². The molecule has 0 aliphatic heterocycles. The lowest BCUT2D eigenvalue weighted by atomic mass is 10.3. The minimum atomic E-state index is -0.704. The first-order chi connectivity index (χ1) is 9.66. The summed E-state index contributed by atoms with van der Waals surface area (Å²) in [5.41, 5.74) is 0.635. The number of carbonyl (C=O) groups excluding carboxylic acids is 2. The Morgan fingerprint density at radius 1 is 1.25 bits per heavy atom. The first-order valence-electron chi connectivity index (χ1n) is 5.64. The Hall–Kier alpha value is -2.47. The number of hydrogen-bond donors (Lipinski definition) is 1. The van der Waals surface area contributed by atoms with Gasteiger partial charge in [0.05, 0.1) is 17.4 Å². The van der Waals surface area contributed by atoms with E-state index in [1.165, 1.54) is 18.5 Å². The Kier molecular flexibility index (Phi) is 4.62. The first kappa shape index (κ1) is 14.0. The van der Waals surface area contributed by atoms with Gasteiger partial charge in [-0.25, -0.2) is 9.78 Å². The van der Waals surface area contributed by atoms with Crippen molar-refractivity contribution in [2.24, 2.45) is 0 Å². The second-order valence-corrected chi connectivity index (χ2v) is 4.07. The van der Waals surface area contributed by atoms with Gasteiger partial charge in [-0.05, 0) is 24.3 Å². The fourth-order valence-electron chi connectivity index (χ4n) is 1.38. The number of pyridine rings is 2. The normalized spacial score (nSPS) is 9.85. The largest absolute Gasteiger partial charge is 0.452 e. The summed E-state index contributed by atoms with van der Waals surface area (Å²) in [5, 5.41) is 2.57. The number of amides is 1. The second-order valence-electron chi connectivity index (χ2n) is 3.71. The van der Waals surface area contributed by atoms with E-state index in [2.05, 4.69) is 15.3 Å². The molecule has 0 aliphatic carbocycles. The van der Waals surface area contributed by atoms with Crippen LogP contribution in [0.15, 0.2) is 42.9 Å². The summed E-state index contributed by atoms with van der Waals surface area (Å²) in [5.74, 6) is -1.17. The highest BCUT2D eigenvalue weighted by molar-refractivity contribution is 6.32. The van der Waals surface area contributed by atoms with Crippen LogP contribution >= 0.6 is 11.6 Å². The lowest BCUT2D eigenvalue weighted by Gasteiger charge is -2.06. The van der Waals surface area contributed by atoms with Gasteiger partial charge >= 0.3 is 5.97 Å². The zero-order valence-electron chi connectivity index (χ0n) is 10.2. The molecule has 0 fully saturated rings. The first-order valence-corrected chi connectivity index (χ1v) is 6.02. The fraction of sp³-hybridized carbons (Fsp3) is 0.0769. The molecule has 0 saturated heterocycles. The van der Waals surface area contributed by atoms with Crippen molar-refractivity contribution in [1.82, 2.24) is 9.97 Å². The fourth-order valence-corrected chi connectivity index (χ4v) is 1.58. The summed E-state index contributed by atoms with van der Waals surface area (Å²) >= 11 is 5.74. The van der Waals surface area contributed by atoms with Crippen LogP contribution in [0.4, 0.5) is 5.69 Å². The maximum atomic E-state index is 11.7. The third-order valence-corrected chi connectivity index (χ3v) is 2.56. The van der Waals surface area contributed by atoms with Crippen LogP contribution in [0.1, 0.15) is 10.4 Å². The van der Waals surface area contributed by atoms with Crippen LogP contribution in [0.5, 0.6) is 0 Å². The number of anilines is 1. The Morgan fingerprint density at radius 3 is 2.75 bits per heavy atom. The molecule has 0 aromatic carbocycles. The summed E-state index contributed by atoms with van der Waals surface area (Å²) in [7, 11) is 0. The number of esters is 1. The highest BCUT2D eigenvalue weighted by Gasteiger charge is 2.14. The van der Waals surface area contributed by atoms with E-state index in [9.17, 15) is 9.59 Å². The van der Waals surface area contributed by atoms with Crippen LogP contribution in [-0.2, 0) is 9.53 Å². The topological polar surface area (TPSA) is 81.2 Å². The van der Waals surface area contributed by atoms with E-state index in [0.717, 1.165) is 0 Å².